The second kappa shape index (κ2) is 9.00. The molecule has 30 heavy (non-hydrogen) atoms. The van der Waals surface area contributed by atoms with Gasteiger partial charge in [0, 0.05) is 35.3 Å². The highest BCUT2D eigenvalue weighted by Crippen LogP contribution is 2.36. The molecular formula is C24H27ClN4O. The van der Waals surface area contributed by atoms with Crippen LogP contribution in [0.25, 0.3) is 0 Å². The lowest BCUT2D eigenvalue weighted by molar-refractivity contribution is 0.103. The summed E-state index contributed by atoms with van der Waals surface area (Å²) >= 11 is 6.06. The van der Waals surface area contributed by atoms with Crippen molar-refractivity contribution in [2.24, 2.45) is 11.8 Å². The summed E-state index contributed by atoms with van der Waals surface area (Å²) < 4.78 is 1.76. The average molecular weight is 423 g/mol. The molecule has 3 atom stereocenters. The van der Waals surface area contributed by atoms with Crippen LogP contribution in [0.1, 0.15) is 54.7 Å². The van der Waals surface area contributed by atoms with Gasteiger partial charge < -0.3 is 5.32 Å². The largest absolute Gasteiger partial charge is 0.382 e. The highest BCUT2D eigenvalue weighted by molar-refractivity contribution is 6.30. The third-order valence-corrected chi connectivity index (χ3v) is 6.34. The number of rotatable bonds is 7. The fraction of sp³-hybridized carbons (Fsp3) is 0.375. The Labute approximate surface area is 182 Å². The first-order chi connectivity index (χ1) is 14.5. The molecule has 5 nitrogen and oxygen atoms in total. The number of carbonyl (C=O) groups is 1. The van der Waals surface area contributed by atoms with Crippen molar-refractivity contribution in [2.75, 3.05) is 5.32 Å². The van der Waals surface area contributed by atoms with E-state index in [0.29, 0.717) is 34.8 Å². The van der Waals surface area contributed by atoms with E-state index in [1.165, 1.54) is 6.42 Å². The lowest BCUT2D eigenvalue weighted by atomic mass is 9.96. The monoisotopic (exact) mass is 422 g/mol. The standard InChI is InChI=1S/C24H27ClN4O/c1-3-18-13-20(11-16(18)2)27-22-7-9-26-14-21(22)24(30)23-8-10-29(28-23)15-17-5-4-6-19(25)12-17/h4-10,12,14,16,18,20H,3,11,13,15H2,1-2H3,(H,26,27)/t16-,18-,20-/m0/s1. The number of pyridine rings is 1. The number of halogens is 1. The summed E-state index contributed by atoms with van der Waals surface area (Å²) in [6.45, 7) is 5.13. The lowest BCUT2D eigenvalue weighted by Gasteiger charge is -2.16. The van der Waals surface area contributed by atoms with Crippen LogP contribution in [0, 0.1) is 11.8 Å². The van der Waals surface area contributed by atoms with Crippen LogP contribution in [0.3, 0.4) is 0 Å². The topological polar surface area (TPSA) is 59.8 Å². The molecule has 1 aromatic carbocycles. The minimum absolute atomic E-state index is 0.117. The average Bonchev–Trinajstić information content (AvgIpc) is 3.34. The Bertz CT molecular complexity index is 1030. The number of hydrogen-bond donors (Lipinski definition) is 1. The van der Waals surface area contributed by atoms with E-state index in [9.17, 15) is 4.79 Å². The summed E-state index contributed by atoms with van der Waals surface area (Å²) in [5, 5.41) is 8.78. The van der Waals surface area contributed by atoms with Crippen LogP contribution in [0.5, 0.6) is 0 Å². The first-order valence-corrected chi connectivity index (χ1v) is 10.9. The van der Waals surface area contributed by atoms with Crippen LogP contribution >= 0.6 is 11.6 Å². The summed E-state index contributed by atoms with van der Waals surface area (Å²) in [5.74, 6) is 1.33. The number of hydrogen-bond acceptors (Lipinski definition) is 4. The second-order valence-corrected chi connectivity index (χ2v) is 8.67. The molecule has 1 fully saturated rings. The van der Waals surface area contributed by atoms with Crippen LogP contribution in [-0.4, -0.2) is 26.6 Å². The van der Waals surface area contributed by atoms with Crippen molar-refractivity contribution in [3.8, 4) is 0 Å². The maximum Gasteiger partial charge on any atom is 0.216 e. The molecule has 0 radical (unpaired) electrons. The zero-order valence-corrected chi connectivity index (χ0v) is 18.1. The van der Waals surface area contributed by atoms with Gasteiger partial charge in [0.15, 0.2) is 0 Å². The van der Waals surface area contributed by atoms with E-state index in [4.69, 9.17) is 11.6 Å². The number of nitrogens with zero attached hydrogens (tertiary/aromatic N) is 3. The van der Waals surface area contributed by atoms with Crippen molar-refractivity contribution in [3.05, 3.63) is 76.8 Å². The van der Waals surface area contributed by atoms with Gasteiger partial charge in [0.1, 0.15) is 5.69 Å². The van der Waals surface area contributed by atoms with Gasteiger partial charge in [0.05, 0.1) is 12.1 Å². The quantitative estimate of drug-likeness (QED) is 0.514. The Kier molecular flexibility index (Phi) is 6.18. The highest BCUT2D eigenvalue weighted by atomic mass is 35.5. The number of benzene rings is 1. The van der Waals surface area contributed by atoms with E-state index in [1.54, 1.807) is 23.1 Å². The molecule has 0 amide bonds. The van der Waals surface area contributed by atoms with E-state index in [0.717, 1.165) is 30.0 Å². The van der Waals surface area contributed by atoms with E-state index in [-0.39, 0.29) is 5.78 Å². The molecule has 1 aliphatic carbocycles. The van der Waals surface area contributed by atoms with Crippen LogP contribution < -0.4 is 5.32 Å². The van der Waals surface area contributed by atoms with Crippen LogP contribution in [0.2, 0.25) is 5.02 Å². The summed E-state index contributed by atoms with van der Waals surface area (Å²) in [7, 11) is 0. The Hall–Kier alpha value is -2.66. The molecule has 6 heteroatoms. The first-order valence-electron chi connectivity index (χ1n) is 10.6. The molecule has 0 spiro atoms. The predicted octanol–water partition coefficient (Wildman–Crippen LogP) is 5.45. The van der Waals surface area contributed by atoms with Crippen molar-refractivity contribution in [1.82, 2.24) is 14.8 Å². The molecule has 0 unspecified atom stereocenters. The Morgan fingerprint density at radius 3 is 2.90 bits per heavy atom. The fourth-order valence-corrected chi connectivity index (χ4v) is 4.69. The van der Waals surface area contributed by atoms with Crippen molar-refractivity contribution in [3.63, 3.8) is 0 Å². The highest BCUT2D eigenvalue weighted by Gasteiger charge is 2.30. The number of nitrogens with one attached hydrogen (secondary N) is 1. The van der Waals surface area contributed by atoms with Gasteiger partial charge in [-0.1, -0.05) is 44.0 Å². The molecule has 0 saturated heterocycles. The van der Waals surface area contributed by atoms with Crippen LogP contribution in [-0.2, 0) is 6.54 Å². The van der Waals surface area contributed by atoms with Gasteiger partial charge in [-0.15, -0.1) is 0 Å². The smallest absolute Gasteiger partial charge is 0.216 e. The van der Waals surface area contributed by atoms with Crippen LogP contribution in [0.4, 0.5) is 5.69 Å². The van der Waals surface area contributed by atoms with E-state index in [1.807, 2.05) is 36.5 Å². The van der Waals surface area contributed by atoms with Crippen molar-refractivity contribution in [2.45, 2.75) is 45.7 Å². The van der Waals surface area contributed by atoms with Gasteiger partial charge in [-0.3, -0.25) is 14.5 Å². The minimum atomic E-state index is -0.117. The summed E-state index contributed by atoms with van der Waals surface area (Å²) in [4.78, 5) is 17.4. The lowest BCUT2D eigenvalue weighted by Crippen LogP contribution is -2.18. The molecule has 156 valence electrons. The fourth-order valence-electron chi connectivity index (χ4n) is 4.47. The maximum absolute atomic E-state index is 13.2. The van der Waals surface area contributed by atoms with Crippen molar-refractivity contribution >= 4 is 23.1 Å². The third-order valence-electron chi connectivity index (χ3n) is 6.10. The molecule has 2 heterocycles. The van der Waals surface area contributed by atoms with Crippen molar-refractivity contribution < 1.29 is 4.79 Å². The van der Waals surface area contributed by atoms with E-state index in [2.05, 4.69) is 29.2 Å². The van der Waals surface area contributed by atoms with Gasteiger partial charge in [0.2, 0.25) is 5.78 Å². The molecule has 1 N–H and O–H groups in total. The summed E-state index contributed by atoms with van der Waals surface area (Å²) in [5.41, 5.74) is 2.86. The number of aromatic nitrogens is 3. The molecule has 3 aromatic rings. The zero-order valence-electron chi connectivity index (χ0n) is 17.4. The number of anilines is 1. The molecule has 4 rings (SSSR count). The predicted molar refractivity (Wildman–Crippen MR) is 120 cm³/mol. The molecule has 0 bridgehead atoms. The molecular weight excluding hydrogens is 396 g/mol. The van der Waals surface area contributed by atoms with Gasteiger partial charge in [-0.2, -0.15) is 5.10 Å². The normalized spacial score (nSPS) is 21.0. The maximum atomic E-state index is 13.2. The molecule has 1 saturated carbocycles. The Morgan fingerprint density at radius 1 is 1.27 bits per heavy atom. The van der Waals surface area contributed by atoms with Crippen LogP contribution in [0.15, 0.2) is 55.0 Å². The number of ketones is 1. The van der Waals surface area contributed by atoms with Gasteiger partial charge >= 0.3 is 0 Å². The van der Waals surface area contributed by atoms with Crippen molar-refractivity contribution in [1.29, 1.82) is 0 Å². The summed E-state index contributed by atoms with van der Waals surface area (Å²) in [6.07, 6.45) is 8.65. The van der Waals surface area contributed by atoms with Gasteiger partial charge in [0.25, 0.3) is 0 Å². The summed E-state index contributed by atoms with van der Waals surface area (Å²) in [6, 6.07) is 11.7. The van der Waals surface area contributed by atoms with E-state index < -0.39 is 0 Å². The first kappa shape index (κ1) is 20.6. The van der Waals surface area contributed by atoms with Gasteiger partial charge in [-0.05, 0) is 54.5 Å². The second-order valence-electron chi connectivity index (χ2n) is 8.24. The molecule has 0 aliphatic heterocycles. The molecule has 2 aromatic heterocycles. The number of carbonyl (C=O) groups excluding carboxylic acids is 1. The Morgan fingerprint density at radius 2 is 2.13 bits per heavy atom. The third kappa shape index (κ3) is 4.57. The zero-order chi connectivity index (χ0) is 21.1. The minimum Gasteiger partial charge on any atom is -0.382 e. The SMILES string of the molecule is CC[C@H]1C[C@@H](Nc2ccncc2C(=O)c2ccn(Cc3cccc(Cl)c3)n2)C[C@@H]1C. The molecule has 1 aliphatic rings. The van der Waals surface area contributed by atoms with E-state index >= 15 is 0 Å². The van der Waals surface area contributed by atoms with Gasteiger partial charge in [-0.25, -0.2) is 0 Å². The Balaban J connectivity index is 1.50.